The summed E-state index contributed by atoms with van der Waals surface area (Å²) in [6.07, 6.45) is -2.82. The molecular formula is C10H10F2N2O2. The van der Waals surface area contributed by atoms with Gasteiger partial charge >= 0.3 is 0 Å². The Bertz CT molecular complexity index is 416. The molecule has 0 aromatic carbocycles. The van der Waals surface area contributed by atoms with E-state index in [9.17, 15) is 8.78 Å². The largest absolute Gasteiger partial charge is 0.494 e. The highest BCUT2D eigenvalue weighted by Crippen LogP contribution is 2.33. The molecule has 0 amide bonds. The Labute approximate surface area is 91.4 Å². The zero-order chi connectivity index (χ0) is 12.1. The molecule has 0 aliphatic rings. The molecule has 0 radical (unpaired) electrons. The number of aromatic nitrogens is 1. The standard InChI is InChI=1S/C10H10F2N2O2/c1-15-7-5-6(3-4-13)9(16-2)8(14-7)10(11)12/h5,10H,3H2,1-2H3. The molecule has 1 rings (SSSR count). The van der Waals surface area contributed by atoms with Crippen LogP contribution in [0.25, 0.3) is 0 Å². The molecular weight excluding hydrogens is 218 g/mol. The number of ether oxygens (including phenoxy) is 2. The van der Waals surface area contributed by atoms with Crippen LogP contribution in [0.15, 0.2) is 6.07 Å². The fourth-order valence-corrected chi connectivity index (χ4v) is 1.29. The van der Waals surface area contributed by atoms with E-state index in [-0.39, 0.29) is 18.1 Å². The molecule has 0 spiro atoms. The average molecular weight is 228 g/mol. The molecule has 0 saturated carbocycles. The van der Waals surface area contributed by atoms with E-state index in [4.69, 9.17) is 14.7 Å². The molecule has 16 heavy (non-hydrogen) atoms. The van der Waals surface area contributed by atoms with Gasteiger partial charge in [-0.2, -0.15) is 5.26 Å². The maximum Gasteiger partial charge on any atom is 0.284 e. The van der Waals surface area contributed by atoms with Crippen molar-refractivity contribution < 1.29 is 18.3 Å². The van der Waals surface area contributed by atoms with Crippen LogP contribution in [0.3, 0.4) is 0 Å². The van der Waals surface area contributed by atoms with E-state index in [1.807, 2.05) is 6.07 Å². The second kappa shape index (κ2) is 5.26. The van der Waals surface area contributed by atoms with Gasteiger partial charge in [0.15, 0.2) is 11.4 Å². The Morgan fingerprint density at radius 3 is 2.56 bits per heavy atom. The predicted octanol–water partition coefficient (Wildman–Crippen LogP) is 2.10. The van der Waals surface area contributed by atoms with Crippen molar-refractivity contribution >= 4 is 0 Å². The van der Waals surface area contributed by atoms with Gasteiger partial charge in [-0.05, 0) is 0 Å². The number of halogens is 2. The first-order chi connectivity index (χ1) is 7.63. The lowest BCUT2D eigenvalue weighted by Crippen LogP contribution is -2.03. The van der Waals surface area contributed by atoms with Gasteiger partial charge in [-0.15, -0.1) is 0 Å². The van der Waals surface area contributed by atoms with E-state index in [1.165, 1.54) is 20.3 Å². The molecule has 0 bridgehead atoms. The highest BCUT2D eigenvalue weighted by Gasteiger charge is 2.21. The number of rotatable bonds is 4. The fraction of sp³-hybridized carbons (Fsp3) is 0.400. The van der Waals surface area contributed by atoms with Gasteiger partial charge in [-0.3, -0.25) is 0 Å². The summed E-state index contributed by atoms with van der Waals surface area (Å²) in [5, 5.41) is 8.58. The Morgan fingerprint density at radius 1 is 1.44 bits per heavy atom. The van der Waals surface area contributed by atoms with Crippen molar-refractivity contribution in [2.75, 3.05) is 14.2 Å². The van der Waals surface area contributed by atoms with E-state index in [2.05, 4.69) is 4.98 Å². The first-order valence-electron chi connectivity index (χ1n) is 4.41. The molecule has 0 saturated heterocycles. The second-order valence-electron chi connectivity index (χ2n) is 2.88. The van der Waals surface area contributed by atoms with Gasteiger partial charge in [0.05, 0.1) is 26.7 Å². The summed E-state index contributed by atoms with van der Waals surface area (Å²) in [4.78, 5) is 3.60. The lowest BCUT2D eigenvalue weighted by atomic mass is 10.1. The van der Waals surface area contributed by atoms with Crippen molar-refractivity contribution in [1.29, 1.82) is 5.26 Å². The molecule has 6 heteroatoms. The minimum absolute atomic E-state index is 0.0399. The summed E-state index contributed by atoms with van der Waals surface area (Å²) in [5.74, 6) is -0.0151. The third-order valence-corrected chi connectivity index (χ3v) is 1.94. The smallest absolute Gasteiger partial charge is 0.284 e. The third kappa shape index (κ3) is 2.37. The topological polar surface area (TPSA) is 55.1 Å². The van der Waals surface area contributed by atoms with Crippen LogP contribution in [-0.4, -0.2) is 19.2 Å². The van der Waals surface area contributed by atoms with E-state index in [0.29, 0.717) is 5.56 Å². The summed E-state index contributed by atoms with van der Waals surface area (Å²) in [6, 6.07) is 3.28. The lowest BCUT2D eigenvalue weighted by Gasteiger charge is -2.12. The van der Waals surface area contributed by atoms with Crippen LogP contribution in [0, 0.1) is 11.3 Å². The third-order valence-electron chi connectivity index (χ3n) is 1.94. The van der Waals surface area contributed by atoms with Gasteiger partial charge in [0.25, 0.3) is 6.43 Å². The monoisotopic (exact) mass is 228 g/mol. The lowest BCUT2D eigenvalue weighted by molar-refractivity contribution is 0.140. The molecule has 0 unspecified atom stereocenters. The van der Waals surface area contributed by atoms with E-state index in [1.54, 1.807) is 0 Å². The van der Waals surface area contributed by atoms with Crippen LogP contribution >= 0.6 is 0 Å². The summed E-state index contributed by atoms with van der Waals surface area (Å²) in [6.45, 7) is 0. The minimum atomic E-state index is -2.78. The van der Waals surface area contributed by atoms with Crippen LogP contribution < -0.4 is 9.47 Å². The van der Waals surface area contributed by atoms with Gasteiger partial charge in [0.1, 0.15) is 0 Å². The van der Waals surface area contributed by atoms with Crippen LogP contribution in [-0.2, 0) is 6.42 Å². The van der Waals surface area contributed by atoms with Crippen LogP contribution in [0.5, 0.6) is 11.6 Å². The fourth-order valence-electron chi connectivity index (χ4n) is 1.29. The van der Waals surface area contributed by atoms with Crippen LogP contribution in [0.4, 0.5) is 8.78 Å². The molecule has 0 N–H and O–H groups in total. The number of pyridine rings is 1. The van der Waals surface area contributed by atoms with Crippen LogP contribution in [0.1, 0.15) is 17.7 Å². The van der Waals surface area contributed by atoms with Crippen LogP contribution in [0.2, 0.25) is 0 Å². The summed E-state index contributed by atoms with van der Waals surface area (Å²) in [7, 11) is 2.58. The van der Waals surface area contributed by atoms with Gasteiger partial charge in [-0.25, -0.2) is 13.8 Å². The van der Waals surface area contributed by atoms with Crippen molar-refractivity contribution in [1.82, 2.24) is 4.98 Å². The zero-order valence-electron chi connectivity index (χ0n) is 8.83. The minimum Gasteiger partial charge on any atom is -0.494 e. The van der Waals surface area contributed by atoms with Crippen molar-refractivity contribution in [3.8, 4) is 17.7 Å². The quantitative estimate of drug-likeness (QED) is 0.791. The maximum atomic E-state index is 12.7. The van der Waals surface area contributed by atoms with Crippen molar-refractivity contribution in [2.24, 2.45) is 0 Å². The van der Waals surface area contributed by atoms with E-state index in [0.717, 1.165) is 0 Å². The summed E-state index contributed by atoms with van der Waals surface area (Å²) < 4.78 is 35.0. The van der Waals surface area contributed by atoms with Gasteiger partial charge in [0, 0.05) is 11.6 Å². The average Bonchev–Trinajstić information content (AvgIpc) is 2.28. The Balaban J connectivity index is 3.35. The van der Waals surface area contributed by atoms with E-state index < -0.39 is 12.1 Å². The Hall–Kier alpha value is -1.90. The highest BCUT2D eigenvalue weighted by atomic mass is 19.3. The molecule has 1 aromatic rings. The van der Waals surface area contributed by atoms with Crippen molar-refractivity contribution in [2.45, 2.75) is 12.8 Å². The first-order valence-corrected chi connectivity index (χ1v) is 4.41. The Morgan fingerprint density at radius 2 is 2.12 bits per heavy atom. The second-order valence-corrected chi connectivity index (χ2v) is 2.88. The number of hydrogen-bond donors (Lipinski definition) is 0. The van der Waals surface area contributed by atoms with E-state index >= 15 is 0 Å². The molecule has 0 aliphatic heterocycles. The van der Waals surface area contributed by atoms with Crippen molar-refractivity contribution in [3.05, 3.63) is 17.3 Å². The maximum absolute atomic E-state index is 12.7. The molecule has 4 nitrogen and oxygen atoms in total. The van der Waals surface area contributed by atoms with Gasteiger partial charge in [-0.1, -0.05) is 0 Å². The SMILES string of the molecule is COc1cc(CC#N)c(OC)c(C(F)F)n1. The normalized spacial score (nSPS) is 10.0. The molecule has 0 fully saturated rings. The van der Waals surface area contributed by atoms with Crippen molar-refractivity contribution in [3.63, 3.8) is 0 Å². The molecule has 86 valence electrons. The highest BCUT2D eigenvalue weighted by molar-refractivity contribution is 5.43. The van der Waals surface area contributed by atoms with Gasteiger partial charge < -0.3 is 9.47 Å². The number of nitriles is 1. The molecule has 1 aromatic heterocycles. The summed E-state index contributed by atoms with van der Waals surface area (Å²) in [5.41, 5.74) is -0.167. The number of hydrogen-bond acceptors (Lipinski definition) is 4. The van der Waals surface area contributed by atoms with Gasteiger partial charge in [0.2, 0.25) is 5.88 Å². The number of methoxy groups -OCH3 is 2. The molecule has 1 heterocycles. The molecule has 0 aliphatic carbocycles. The zero-order valence-corrected chi connectivity index (χ0v) is 8.83. The number of alkyl halides is 2. The Kier molecular flexibility index (Phi) is 4.00. The number of nitrogens with zero attached hydrogens (tertiary/aromatic N) is 2. The first kappa shape index (κ1) is 12.2. The molecule has 0 atom stereocenters. The summed E-state index contributed by atoms with van der Waals surface area (Å²) >= 11 is 0. The predicted molar refractivity (Wildman–Crippen MR) is 51.6 cm³/mol.